The van der Waals surface area contributed by atoms with Crippen LogP contribution >= 0.6 is 0 Å². The summed E-state index contributed by atoms with van der Waals surface area (Å²) in [6.07, 6.45) is 3.30. The van der Waals surface area contributed by atoms with Crippen LogP contribution in [0.2, 0.25) is 0 Å². The Kier molecular flexibility index (Phi) is 5.26. The van der Waals surface area contributed by atoms with Crippen LogP contribution in [0.25, 0.3) is 0 Å². The summed E-state index contributed by atoms with van der Waals surface area (Å²) in [4.78, 5) is 16.1. The van der Waals surface area contributed by atoms with Crippen LogP contribution in [0.4, 0.5) is 0 Å². The standard InChI is InChI=1S/C20H17NO4/c1-23-17-8-4-15(5-9-17)14-24-20(22)16-6-10-18(11-7-16)25-19-3-2-12-21-13-19/h2-13H,14H2,1H3. The number of benzene rings is 2. The van der Waals surface area contributed by atoms with Crippen molar-refractivity contribution in [2.75, 3.05) is 7.11 Å². The van der Waals surface area contributed by atoms with Gasteiger partial charge in [-0.05, 0) is 54.1 Å². The van der Waals surface area contributed by atoms with Crippen LogP contribution in [0.1, 0.15) is 15.9 Å². The van der Waals surface area contributed by atoms with E-state index in [9.17, 15) is 4.79 Å². The van der Waals surface area contributed by atoms with E-state index in [2.05, 4.69) is 4.98 Å². The van der Waals surface area contributed by atoms with Crippen molar-refractivity contribution in [1.29, 1.82) is 0 Å². The molecule has 0 bridgehead atoms. The van der Waals surface area contributed by atoms with Gasteiger partial charge in [0, 0.05) is 6.20 Å². The van der Waals surface area contributed by atoms with Crippen molar-refractivity contribution in [3.05, 3.63) is 84.2 Å². The van der Waals surface area contributed by atoms with Gasteiger partial charge in [0.25, 0.3) is 0 Å². The average molecular weight is 335 g/mol. The zero-order chi connectivity index (χ0) is 17.5. The molecule has 0 unspecified atom stereocenters. The Bertz CT molecular complexity index is 815. The van der Waals surface area contributed by atoms with Crippen LogP contribution in [0, 0.1) is 0 Å². The predicted octanol–water partition coefficient (Wildman–Crippen LogP) is 4.24. The van der Waals surface area contributed by atoms with E-state index in [1.165, 1.54) is 0 Å². The number of esters is 1. The molecule has 5 nitrogen and oxygen atoms in total. The number of methoxy groups -OCH3 is 1. The molecule has 0 fully saturated rings. The lowest BCUT2D eigenvalue weighted by atomic mass is 10.2. The third kappa shape index (κ3) is 4.57. The van der Waals surface area contributed by atoms with Crippen molar-refractivity contribution in [2.45, 2.75) is 6.61 Å². The molecule has 0 saturated carbocycles. The van der Waals surface area contributed by atoms with E-state index in [-0.39, 0.29) is 12.6 Å². The van der Waals surface area contributed by atoms with E-state index < -0.39 is 0 Å². The van der Waals surface area contributed by atoms with Gasteiger partial charge in [0.05, 0.1) is 18.9 Å². The van der Waals surface area contributed by atoms with E-state index in [0.717, 1.165) is 11.3 Å². The van der Waals surface area contributed by atoms with Crippen molar-refractivity contribution in [1.82, 2.24) is 4.98 Å². The Hall–Kier alpha value is -3.34. The molecular formula is C20H17NO4. The summed E-state index contributed by atoms with van der Waals surface area (Å²) in [5, 5.41) is 0. The van der Waals surface area contributed by atoms with E-state index in [1.807, 2.05) is 30.3 Å². The summed E-state index contributed by atoms with van der Waals surface area (Å²) in [6, 6.07) is 17.7. The van der Waals surface area contributed by atoms with Gasteiger partial charge in [-0.25, -0.2) is 4.79 Å². The summed E-state index contributed by atoms with van der Waals surface area (Å²) in [7, 11) is 1.61. The summed E-state index contributed by atoms with van der Waals surface area (Å²) in [6.45, 7) is 0.205. The van der Waals surface area contributed by atoms with Gasteiger partial charge in [0.15, 0.2) is 0 Å². The summed E-state index contributed by atoms with van der Waals surface area (Å²) < 4.78 is 16.0. The fraction of sp³-hybridized carbons (Fsp3) is 0.100. The summed E-state index contributed by atoms with van der Waals surface area (Å²) >= 11 is 0. The van der Waals surface area contributed by atoms with Gasteiger partial charge in [0.2, 0.25) is 0 Å². The van der Waals surface area contributed by atoms with Crippen LogP contribution in [-0.2, 0) is 11.3 Å². The van der Waals surface area contributed by atoms with E-state index in [4.69, 9.17) is 14.2 Å². The fourth-order valence-electron chi connectivity index (χ4n) is 2.16. The maximum atomic E-state index is 12.1. The molecule has 3 aromatic rings. The van der Waals surface area contributed by atoms with Crippen molar-refractivity contribution < 1.29 is 19.0 Å². The van der Waals surface area contributed by atoms with E-state index in [0.29, 0.717) is 17.1 Å². The molecule has 0 N–H and O–H groups in total. The molecule has 0 radical (unpaired) electrons. The molecule has 25 heavy (non-hydrogen) atoms. The normalized spacial score (nSPS) is 10.1. The molecule has 1 heterocycles. The van der Waals surface area contributed by atoms with Gasteiger partial charge in [-0.1, -0.05) is 12.1 Å². The quantitative estimate of drug-likeness (QED) is 0.631. The van der Waals surface area contributed by atoms with Gasteiger partial charge < -0.3 is 14.2 Å². The maximum Gasteiger partial charge on any atom is 0.338 e. The zero-order valence-electron chi connectivity index (χ0n) is 13.7. The van der Waals surface area contributed by atoms with E-state index >= 15 is 0 Å². The van der Waals surface area contributed by atoms with Gasteiger partial charge in [0.1, 0.15) is 23.9 Å². The Balaban J connectivity index is 1.56. The smallest absolute Gasteiger partial charge is 0.338 e. The summed E-state index contributed by atoms with van der Waals surface area (Å²) in [5.74, 6) is 1.64. The highest BCUT2D eigenvalue weighted by Gasteiger charge is 2.08. The molecule has 126 valence electrons. The molecule has 5 heteroatoms. The van der Waals surface area contributed by atoms with Crippen LogP contribution in [-0.4, -0.2) is 18.1 Å². The Labute approximate surface area is 145 Å². The number of rotatable bonds is 6. The molecule has 0 amide bonds. The molecule has 0 aliphatic heterocycles. The Morgan fingerprint density at radius 1 is 0.920 bits per heavy atom. The first-order valence-corrected chi connectivity index (χ1v) is 7.72. The van der Waals surface area contributed by atoms with Gasteiger partial charge in [-0.15, -0.1) is 0 Å². The minimum atomic E-state index is -0.385. The van der Waals surface area contributed by atoms with E-state index in [1.54, 1.807) is 49.8 Å². The number of hydrogen-bond donors (Lipinski definition) is 0. The largest absolute Gasteiger partial charge is 0.497 e. The highest BCUT2D eigenvalue weighted by molar-refractivity contribution is 5.89. The van der Waals surface area contributed by atoms with Crippen molar-refractivity contribution >= 4 is 5.97 Å². The van der Waals surface area contributed by atoms with Crippen LogP contribution in [0.15, 0.2) is 73.1 Å². The first-order chi connectivity index (χ1) is 12.2. The average Bonchev–Trinajstić information content (AvgIpc) is 2.68. The lowest BCUT2D eigenvalue weighted by Gasteiger charge is -2.08. The fourth-order valence-corrected chi connectivity index (χ4v) is 2.16. The molecule has 0 spiro atoms. The molecule has 1 aromatic heterocycles. The van der Waals surface area contributed by atoms with Crippen LogP contribution in [0.3, 0.4) is 0 Å². The SMILES string of the molecule is COc1ccc(COC(=O)c2ccc(Oc3cccnc3)cc2)cc1. The second kappa shape index (κ2) is 7.97. The molecule has 3 rings (SSSR count). The molecule has 0 atom stereocenters. The summed E-state index contributed by atoms with van der Waals surface area (Å²) in [5.41, 5.74) is 1.36. The highest BCUT2D eigenvalue weighted by Crippen LogP contribution is 2.21. The van der Waals surface area contributed by atoms with Crippen molar-refractivity contribution in [2.24, 2.45) is 0 Å². The Morgan fingerprint density at radius 2 is 1.64 bits per heavy atom. The Morgan fingerprint density at radius 3 is 2.28 bits per heavy atom. The monoisotopic (exact) mass is 335 g/mol. The third-order valence-electron chi connectivity index (χ3n) is 3.49. The minimum Gasteiger partial charge on any atom is -0.497 e. The second-order valence-corrected chi connectivity index (χ2v) is 5.24. The first kappa shape index (κ1) is 16.5. The van der Waals surface area contributed by atoms with Crippen LogP contribution < -0.4 is 9.47 Å². The van der Waals surface area contributed by atoms with Gasteiger partial charge in [-0.3, -0.25) is 4.98 Å². The number of pyridine rings is 1. The minimum absolute atomic E-state index is 0.205. The van der Waals surface area contributed by atoms with Crippen molar-refractivity contribution in [3.63, 3.8) is 0 Å². The van der Waals surface area contributed by atoms with Gasteiger partial charge >= 0.3 is 5.97 Å². The highest BCUT2D eigenvalue weighted by atomic mass is 16.5. The topological polar surface area (TPSA) is 57.7 Å². The first-order valence-electron chi connectivity index (χ1n) is 7.72. The third-order valence-corrected chi connectivity index (χ3v) is 3.49. The number of carbonyl (C=O) groups is 1. The number of aromatic nitrogens is 1. The molecule has 0 aliphatic carbocycles. The number of nitrogens with zero attached hydrogens (tertiary/aromatic N) is 1. The molecule has 2 aromatic carbocycles. The second-order valence-electron chi connectivity index (χ2n) is 5.24. The molecular weight excluding hydrogens is 318 g/mol. The molecule has 0 saturated heterocycles. The van der Waals surface area contributed by atoms with Crippen molar-refractivity contribution in [3.8, 4) is 17.2 Å². The predicted molar refractivity (Wildman–Crippen MR) is 92.9 cm³/mol. The zero-order valence-corrected chi connectivity index (χ0v) is 13.7. The van der Waals surface area contributed by atoms with Gasteiger partial charge in [-0.2, -0.15) is 0 Å². The number of carbonyl (C=O) groups excluding carboxylic acids is 1. The maximum absolute atomic E-state index is 12.1. The lowest BCUT2D eigenvalue weighted by Crippen LogP contribution is -2.05. The molecule has 0 aliphatic rings. The van der Waals surface area contributed by atoms with Crippen LogP contribution in [0.5, 0.6) is 17.2 Å². The number of ether oxygens (including phenoxy) is 3. The lowest BCUT2D eigenvalue weighted by molar-refractivity contribution is 0.0472. The number of hydrogen-bond acceptors (Lipinski definition) is 5.